The Bertz CT molecular complexity index is 971. The third-order valence-electron chi connectivity index (χ3n) is 8.72. The molecule has 0 amide bonds. The molecule has 3 saturated heterocycles. The third kappa shape index (κ3) is 11.4. The minimum absolute atomic E-state index is 0.0102. The summed E-state index contributed by atoms with van der Waals surface area (Å²) in [6, 6.07) is 21.3. The molecule has 0 saturated carbocycles. The Morgan fingerprint density at radius 2 is 1.37 bits per heavy atom. The summed E-state index contributed by atoms with van der Waals surface area (Å²) in [5, 5.41) is 9.41. The maximum absolute atomic E-state index is 9.41. The van der Waals surface area contributed by atoms with Crippen molar-refractivity contribution in [3.05, 3.63) is 71.8 Å². The zero-order chi connectivity index (χ0) is 28.8. The van der Waals surface area contributed by atoms with Crippen LogP contribution in [0.25, 0.3) is 0 Å². The van der Waals surface area contributed by atoms with Gasteiger partial charge in [-0.2, -0.15) is 0 Å². The molecule has 3 aliphatic heterocycles. The van der Waals surface area contributed by atoms with Crippen molar-refractivity contribution in [1.82, 2.24) is 9.80 Å². The van der Waals surface area contributed by atoms with Gasteiger partial charge in [-0.05, 0) is 69.2 Å². The number of aliphatic hydroxyl groups excluding tert-OH is 1. The predicted octanol–water partition coefficient (Wildman–Crippen LogP) is 6.13. The highest BCUT2D eigenvalue weighted by molar-refractivity contribution is 5.15. The monoisotopic (exact) mass is 566 g/mol. The highest BCUT2D eigenvalue weighted by Crippen LogP contribution is 2.31. The third-order valence-corrected chi connectivity index (χ3v) is 8.72. The maximum atomic E-state index is 9.41. The van der Waals surface area contributed by atoms with Gasteiger partial charge < -0.3 is 19.3 Å². The smallest absolute Gasteiger partial charge is 0.157 e. The minimum Gasteiger partial charge on any atom is -0.396 e. The second kappa shape index (κ2) is 16.7. The summed E-state index contributed by atoms with van der Waals surface area (Å²) in [6.45, 7) is 14.3. The van der Waals surface area contributed by atoms with Crippen molar-refractivity contribution in [2.24, 2.45) is 10.8 Å². The van der Waals surface area contributed by atoms with Gasteiger partial charge in [0.1, 0.15) is 0 Å². The molecule has 2 aromatic rings. The summed E-state index contributed by atoms with van der Waals surface area (Å²) in [7, 11) is 0. The largest absolute Gasteiger partial charge is 0.396 e. The molecular formula is C35H54N2O4. The van der Waals surface area contributed by atoms with Gasteiger partial charge in [-0.1, -0.05) is 74.5 Å². The first kappa shape index (κ1) is 32.1. The van der Waals surface area contributed by atoms with Crippen LogP contribution in [0.2, 0.25) is 0 Å². The fourth-order valence-electron chi connectivity index (χ4n) is 6.45. The van der Waals surface area contributed by atoms with Crippen molar-refractivity contribution in [2.75, 3.05) is 59.2 Å². The number of nitrogens with zero attached hydrogens (tertiary/aromatic N) is 2. The second-order valence-corrected chi connectivity index (χ2v) is 13.1. The molecule has 3 fully saturated rings. The minimum atomic E-state index is -0.0102. The molecule has 6 nitrogen and oxygen atoms in total. The van der Waals surface area contributed by atoms with Crippen LogP contribution < -0.4 is 0 Å². The van der Waals surface area contributed by atoms with E-state index in [0.29, 0.717) is 19.8 Å². The lowest BCUT2D eigenvalue weighted by atomic mass is 9.82. The van der Waals surface area contributed by atoms with Gasteiger partial charge in [0, 0.05) is 50.2 Å². The summed E-state index contributed by atoms with van der Waals surface area (Å²) in [5.41, 5.74) is 3.11. The number of aliphatic hydroxyl groups is 1. The van der Waals surface area contributed by atoms with E-state index in [1.807, 2.05) is 0 Å². The van der Waals surface area contributed by atoms with E-state index in [-0.39, 0.29) is 17.1 Å². The Balaban J connectivity index is 0.000000208. The molecule has 2 aromatic carbocycles. The zero-order valence-electron chi connectivity index (χ0n) is 25.6. The maximum Gasteiger partial charge on any atom is 0.157 e. The average Bonchev–Trinajstić information content (AvgIpc) is 2.99. The van der Waals surface area contributed by atoms with Crippen molar-refractivity contribution in [2.45, 2.75) is 78.2 Å². The van der Waals surface area contributed by atoms with Gasteiger partial charge in [-0.25, -0.2) is 0 Å². The molecule has 0 bridgehead atoms. The SMILES string of the molecule is C[C@]1(CO)CCCN(Cc2ccccc2)C1.C[C@]1(COCCOC2CCCCO2)CCCN(Cc2ccccc2)C1. The van der Waals surface area contributed by atoms with Crippen LogP contribution in [0.4, 0.5) is 0 Å². The Kier molecular flexibility index (Phi) is 13.1. The standard InChI is InChI=1S/C21H33NO3.C14H21NO/c1-21(18-23-14-15-25-20-10-5-6-13-24-20)11-7-12-22(17-21)16-19-8-3-2-4-9-19;1-14(12-16)8-5-9-15(11-14)10-13-6-3-2-4-7-13/h2-4,8-9,20H,5-7,10-18H2,1H3;2-4,6-7,16H,5,8-12H2,1H3/t20?,21-;14-/m00/s1. The highest BCUT2D eigenvalue weighted by atomic mass is 16.7. The topological polar surface area (TPSA) is 54.4 Å². The molecule has 1 N–H and O–H groups in total. The number of ether oxygens (including phenoxy) is 3. The van der Waals surface area contributed by atoms with E-state index in [2.05, 4.69) is 84.3 Å². The summed E-state index contributed by atoms with van der Waals surface area (Å²) in [5.74, 6) is 0. The molecule has 1 unspecified atom stereocenters. The van der Waals surface area contributed by atoms with E-state index >= 15 is 0 Å². The summed E-state index contributed by atoms with van der Waals surface area (Å²) in [6.07, 6.45) is 8.22. The summed E-state index contributed by atoms with van der Waals surface area (Å²) < 4.78 is 17.3. The van der Waals surface area contributed by atoms with Gasteiger partial charge in [0.2, 0.25) is 0 Å². The van der Waals surface area contributed by atoms with Gasteiger partial charge in [0.15, 0.2) is 6.29 Å². The molecule has 3 atom stereocenters. The lowest BCUT2D eigenvalue weighted by molar-refractivity contribution is -0.170. The van der Waals surface area contributed by atoms with Crippen LogP contribution in [0.1, 0.15) is 69.9 Å². The van der Waals surface area contributed by atoms with Crippen LogP contribution in [0.15, 0.2) is 60.7 Å². The van der Waals surface area contributed by atoms with Gasteiger partial charge >= 0.3 is 0 Å². The summed E-state index contributed by atoms with van der Waals surface area (Å²) >= 11 is 0. The predicted molar refractivity (Wildman–Crippen MR) is 166 cm³/mol. The van der Waals surface area contributed by atoms with Crippen molar-refractivity contribution in [3.8, 4) is 0 Å². The molecule has 3 heterocycles. The van der Waals surface area contributed by atoms with Crippen LogP contribution in [0.3, 0.4) is 0 Å². The van der Waals surface area contributed by atoms with E-state index in [0.717, 1.165) is 65.2 Å². The fraction of sp³-hybridized carbons (Fsp3) is 0.657. The molecule has 0 radical (unpaired) electrons. The Morgan fingerprint density at radius 1 is 0.780 bits per heavy atom. The molecule has 41 heavy (non-hydrogen) atoms. The molecular weight excluding hydrogens is 512 g/mol. The number of benzene rings is 2. The van der Waals surface area contributed by atoms with Crippen molar-refractivity contribution in [3.63, 3.8) is 0 Å². The lowest BCUT2D eigenvalue weighted by Crippen LogP contribution is -2.43. The summed E-state index contributed by atoms with van der Waals surface area (Å²) in [4.78, 5) is 5.02. The van der Waals surface area contributed by atoms with Gasteiger partial charge in [0.25, 0.3) is 0 Å². The van der Waals surface area contributed by atoms with Crippen LogP contribution >= 0.6 is 0 Å². The van der Waals surface area contributed by atoms with Gasteiger partial charge in [-0.3, -0.25) is 9.80 Å². The number of piperidine rings is 2. The zero-order valence-corrected chi connectivity index (χ0v) is 25.6. The molecule has 3 aliphatic rings. The number of hydrogen-bond donors (Lipinski definition) is 1. The normalized spacial score (nSPS) is 27.6. The fourth-order valence-corrected chi connectivity index (χ4v) is 6.45. The van der Waals surface area contributed by atoms with Gasteiger partial charge in [-0.15, -0.1) is 0 Å². The highest BCUT2D eigenvalue weighted by Gasteiger charge is 2.32. The average molecular weight is 567 g/mol. The van der Waals surface area contributed by atoms with E-state index in [1.165, 1.54) is 43.4 Å². The van der Waals surface area contributed by atoms with E-state index in [1.54, 1.807) is 0 Å². The van der Waals surface area contributed by atoms with E-state index < -0.39 is 0 Å². The second-order valence-electron chi connectivity index (χ2n) is 13.1. The number of likely N-dealkylation sites (tertiary alicyclic amines) is 2. The Labute approximate surface area is 249 Å². The molecule has 0 aromatic heterocycles. The molecule has 0 aliphatic carbocycles. The van der Waals surface area contributed by atoms with Crippen molar-refractivity contribution >= 4 is 0 Å². The first-order valence-corrected chi connectivity index (χ1v) is 15.9. The Hall–Kier alpha value is -1.80. The molecule has 5 rings (SSSR count). The number of rotatable bonds is 11. The van der Waals surface area contributed by atoms with Crippen LogP contribution in [0, 0.1) is 10.8 Å². The van der Waals surface area contributed by atoms with Crippen LogP contribution in [0.5, 0.6) is 0 Å². The first-order chi connectivity index (χ1) is 20.0. The van der Waals surface area contributed by atoms with Crippen molar-refractivity contribution in [1.29, 1.82) is 0 Å². The van der Waals surface area contributed by atoms with Crippen LogP contribution in [-0.2, 0) is 27.3 Å². The van der Waals surface area contributed by atoms with Gasteiger partial charge in [0.05, 0.1) is 19.8 Å². The van der Waals surface area contributed by atoms with E-state index in [9.17, 15) is 5.11 Å². The Morgan fingerprint density at radius 3 is 1.93 bits per heavy atom. The quantitative estimate of drug-likeness (QED) is 0.330. The molecule has 228 valence electrons. The van der Waals surface area contributed by atoms with Crippen molar-refractivity contribution < 1.29 is 19.3 Å². The lowest BCUT2D eigenvalue weighted by Gasteiger charge is -2.40. The molecule has 0 spiro atoms. The van der Waals surface area contributed by atoms with Crippen LogP contribution in [-0.4, -0.2) is 80.4 Å². The number of hydrogen-bond acceptors (Lipinski definition) is 6. The van der Waals surface area contributed by atoms with E-state index in [4.69, 9.17) is 14.2 Å². The first-order valence-electron chi connectivity index (χ1n) is 15.9. The molecule has 6 heteroatoms.